The Morgan fingerprint density at radius 2 is 1.54 bits per heavy atom. The highest BCUT2D eigenvalue weighted by molar-refractivity contribution is 7.80. The number of benzene rings is 2. The average Bonchev–Trinajstić information content (AvgIpc) is 3.01. The van der Waals surface area contributed by atoms with Crippen molar-refractivity contribution in [3.05, 3.63) is 77.4 Å². The molecule has 2 saturated heterocycles. The largest absolute Gasteiger partial charge is 0.381 e. The minimum absolute atomic E-state index is 0.00584. The Balaban J connectivity index is 1.21. The molecule has 2 N–H and O–H groups in total. The number of piperidine rings is 1. The van der Waals surface area contributed by atoms with Crippen molar-refractivity contribution in [1.82, 2.24) is 15.3 Å². The van der Waals surface area contributed by atoms with Crippen LogP contribution in [-0.2, 0) is 23.1 Å². The molecule has 2 fully saturated rings. The zero-order valence-corrected chi connectivity index (χ0v) is 23.4. The summed E-state index contributed by atoms with van der Waals surface area (Å²) in [6.07, 6.45) is 6.63. The fraction of sp³-hybridized carbons (Fsp3) is 0.452. The van der Waals surface area contributed by atoms with Gasteiger partial charge in [0.2, 0.25) is 5.95 Å². The Morgan fingerprint density at radius 3 is 2.31 bits per heavy atom. The predicted molar refractivity (Wildman–Crippen MR) is 162 cm³/mol. The van der Waals surface area contributed by atoms with E-state index >= 15 is 0 Å². The van der Waals surface area contributed by atoms with Gasteiger partial charge in [-0.3, -0.25) is 0 Å². The summed E-state index contributed by atoms with van der Waals surface area (Å²) < 4.78 is 5.71. The average molecular weight is 543 g/mol. The van der Waals surface area contributed by atoms with Crippen molar-refractivity contribution in [3.8, 4) is 0 Å². The summed E-state index contributed by atoms with van der Waals surface area (Å²) in [5.41, 5.74) is 4.13. The van der Waals surface area contributed by atoms with Crippen LogP contribution in [0, 0.1) is 0 Å². The molecular weight excluding hydrogens is 504 g/mol. The van der Waals surface area contributed by atoms with Crippen LogP contribution in [0.25, 0.3) is 0 Å². The van der Waals surface area contributed by atoms with Crippen LogP contribution in [0.3, 0.4) is 0 Å². The van der Waals surface area contributed by atoms with Gasteiger partial charge in [-0.1, -0.05) is 54.6 Å². The number of anilines is 3. The number of ether oxygens (including phenoxy) is 1. The van der Waals surface area contributed by atoms with E-state index in [4.69, 9.17) is 26.9 Å². The van der Waals surface area contributed by atoms with E-state index in [1.807, 2.05) is 0 Å². The van der Waals surface area contributed by atoms with Gasteiger partial charge in [0, 0.05) is 57.4 Å². The zero-order chi connectivity index (χ0) is 26.5. The molecule has 8 heteroatoms. The molecule has 0 saturated carbocycles. The topological polar surface area (TPSA) is 65.6 Å². The first kappa shape index (κ1) is 26.0. The first-order chi connectivity index (χ1) is 19.2. The maximum atomic E-state index is 5.79. The summed E-state index contributed by atoms with van der Waals surface area (Å²) in [6, 6.07) is 21.6. The Bertz CT molecular complexity index is 1270. The van der Waals surface area contributed by atoms with E-state index in [1.165, 1.54) is 36.0 Å². The summed E-state index contributed by atoms with van der Waals surface area (Å²) in [6.45, 7) is 6.13. The van der Waals surface area contributed by atoms with Gasteiger partial charge in [0.25, 0.3) is 0 Å². The number of nitrogens with zero attached hydrogens (tertiary/aromatic N) is 4. The Labute approximate surface area is 237 Å². The molecule has 39 heavy (non-hydrogen) atoms. The normalized spacial score (nSPS) is 18.8. The van der Waals surface area contributed by atoms with Crippen molar-refractivity contribution < 1.29 is 4.74 Å². The van der Waals surface area contributed by atoms with Crippen molar-refractivity contribution in [1.29, 1.82) is 0 Å². The second-order valence-electron chi connectivity index (χ2n) is 11.0. The minimum Gasteiger partial charge on any atom is -0.381 e. The van der Waals surface area contributed by atoms with E-state index < -0.39 is 0 Å². The van der Waals surface area contributed by atoms with E-state index in [2.05, 4.69) is 81.1 Å². The molecule has 0 amide bonds. The van der Waals surface area contributed by atoms with Gasteiger partial charge in [-0.15, -0.1) is 0 Å². The third-order valence-corrected chi connectivity index (χ3v) is 8.73. The summed E-state index contributed by atoms with van der Waals surface area (Å²) >= 11 is 5.79. The first-order valence-corrected chi connectivity index (χ1v) is 14.7. The first-order valence-electron chi connectivity index (χ1n) is 14.3. The molecule has 0 aliphatic carbocycles. The highest BCUT2D eigenvalue weighted by Crippen LogP contribution is 2.34. The standard InChI is InChI=1S/C31H38N6OS/c39-30(32-23-31(14-19-38-20-15-31)26-11-3-1-4-12-26)35-29-33-27(36-16-7-2-8-17-36)21-28(34-29)37-18-13-24-9-5-6-10-25(24)22-37/h1,3-6,9-12,21H,2,7-8,13-20,22-23H2,(H2,32,33,34,35,39). The lowest BCUT2D eigenvalue weighted by Gasteiger charge is -2.38. The number of hydrogen-bond donors (Lipinski definition) is 2. The van der Waals surface area contributed by atoms with Crippen LogP contribution in [0.2, 0.25) is 0 Å². The quantitative estimate of drug-likeness (QED) is 0.419. The van der Waals surface area contributed by atoms with Gasteiger partial charge in [0.05, 0.1) is 0 Å². The molecule has 4 heterocycles. The Kier molecular flexibility index (Phi) is 7.93. The van der Waals surface area contributed by atoms with E-state index in [-0.39, 0.29) is 5.41 Å². The fourth-order valence-corrected chi connectivity index (χ4v) is 6.30. The van der Waals surface area contributed by atoms with Crippen LogP contribution in [0.5, 0.6) is 0 Å². The van der Waals surface area contributed by atoms with Crippen molar-refractivity contribution >= 4 is 34.9 Å². The lowest BCUT2D eigenvalue weighted by molar-refractivity contribution is 0.0515. The molecule has 0 spiro atoms. The minimum atomic E-state index is -0.00584. The second kappa shape index (κ2) is 11.9. The van der Waals surface area contributed by atoms with Crippen molar-refractivity contribution in [2.45, 2.75) is 50.5 Å². The molecule has 3 aliphatic rings. The number of hydrogen-bond acceptors (Lipinski definition) is 6. The molecule has 0 radical (unpaired) electrons. The summed E-state index contributed by atoms with van der Waals surface area (Å²) in [4.78, 5) is 14.7. The maximum Gasteiger partial charge on any atom is 0.232 e. The molecule has 204 valence electrons. The molecule has 3 aliphatic heterocycles. The van der Waals surface area contributed by atoms with E-state index in [0.717, 1.165) is 76.8 Å². The van der Waals surface area contributed by atoms with Gasteiger partial charge in [-0.25, -0.2) is 0 Å². The molecule has 0 unspecified atom stereocenters. The SMILES string of the molecule is S=C(NCC1(c2ccccc2)CCOCC1)Nc1nc(N2CCCCC2)cc(N2CCc3ccccc3C2)n1. The summed E-state index contributed by atoms with van der Waals surface area (Å²) in [5, 5.41) is 7.41. The summed E-state index contributed by atoms with van der Waals surface area (Å²) in [7, 11) is 0. The van der Waals surface area contributed by atoms with Crippen LogP contribution in [0.1, 0.15) is 48.8 Å². The smallest absolute Gasteiger partial charge is 0.232 e. The molecule has 3 aromatic rings. The number of fused-ring (bicyclic) bond motifs is 1. The number of aromatic nitrogens is 2. The molecule has 7 nitrogen and oxygen atoms in total. The van der Waals surface area contributed by atoms with Gasteiger partial charge in [-0.05, 0) is 67.4 Å². The van der Waals surface area contributed by atoms with E-state index in [1.54, 1.807) is 0 Å². The molecule has 2 aromatic carbocycles. The van der Waals surface area contributed by atoms with Gasteiger partial charge in [0.15, 0.2) is 5.11 Å². The lowest BCUT2D eigenvalue weighted by Crippen LogP contribution is -2.45. The molecule has 6 rings (SSSR count). The number of rotatable bonds is 6. The number of nitrogens with one attached hydrogen (secondary N) is 2. The Hall–Kier alpha value is -3.23. The highest BCUT2D eigenvalue weighted by atomic mass is 32.1. The van der Waals surface area contributed by atoms with Crippen LogP contribution in [0.15, 0.2) is 60.7 Å². The lowest BCUT2D eigenvalue weighted by atomic mass is 9.74. The van der Waals surface area contributed by atoms with E-state index in [9.17, 15) is 0 Å². The second-order valence-corrected chi connectivity index (χ2v) is 11.4. The van der Waals surface area contributed by atoms with Gasteiger partial charge < -0.3 is 25.2 Å². The fourth-order valence-electron chi connectivity index (χ4n) is 6.13. The molecule has 0 atom stereocenters. The number of thiocarbonyl (C=S) groups is 1. The van der Waals surface area contributed by atoms with Crippen molar-refractivity contribution in [2.24, 2.45) is 0 Å². The third kappa shape index (κ3) is 6.02. The molecular formula is C31H38N6OS. The van der Waals surface area contributed by atoms with Gasteiger partial charge in [0.1, 0.15) is 11.6 Å². The highest BCUT2D eigenvalue weighted by Gasteiger charge is 2.34. The zero-order valence-electron chi connectivity index (χ0n) is 22.6. The van der Waals surface area contributed by atoms with Crippen LogP contribution >= 0.6 is 12.2 Å². The van der Waals surface area contributed by atoms with Gasteiger partial charge >= 0.3 is 0 Å². The monoisotopic (exact) mass is 542 g/mol. The van der Waals surface area contributed by atoms with E-state index in [0.29, 0.717) is 11.1 Å². The van der Waals surface area contributed by atoms with Gasteiger partial charge in [-0.2, -0.15) is 9.97 Å². The molecule has 1 aromatic heterocycles. The maximum absolute atomic E-state index is 5.79. The predicted octanol–water partition coefficient (Wildman–Crippen LogP) is 5.06. The Morgan fingerprint density at radius 1 is 0.846 bits per heavy atom. The van der Waals surface area contributed by atoms with Crippen LogP contribution in [0.4, 0.5) is 17.6 Å². The van der Waals surface area contributed by atoms with Crippen molar-refractivity contribution in [3.63, 3.8) is 0 Å². The van der Waals surface area contributed by atoms with Crippen LogP contribution in [-0.4, -0.2) is 54.5 Å². The third-order valence-electron chi connectivity index (χ3n) is 8.48. The summed E-state index contributed by atoms with van der Waals surface area (Å²) in [5.74, 6) is 2.50. The van der Waals surface area contributed by atoms with Crippen LogP contribution < -0.4 is 20.4 Å². The van der Waals surface area contributed by atoms with Crippen molar-refractivity contribution in [2.75, 3.05) is 54.5 Å². The molecule has 0 bridgehead atoms.